The minimum absolute atomic E-state index is 0.0498. The van der Waals surface area contributed by atoms with Crippen molar-refractivity contribution >= 4 is 43.6 Å². The average molecular weight is 499 g/mol. The van der Waals surface area contributed by atoms with E-state index < -0.39 is 38.6 Å². The lowest BCUT2D eigenvalue weighted by Gasteiger charge is -2.45. The molecule has 2 heterocycles. The van der Waals surface area contributed by atoms with E-state index in [2.05, 4.69) is 15.9 Å². The number of hydrogen-bond donors (Lipinski definition) is 2. The molecular formula is C19H16BrFN2O6S. The monoisotopic (exact) mass is 498 g/mol. The molecule has 4 rings (SSSR count). The van der Waals surface area contributed by atoms with Crippen LogP contribution in [-0.2, 0) is 14.6 Å². The highest BCUT2D eigenvalue weighted by atomic mass is 79.9. The first-order valence-electron chi connectivity index (χ1n) is 8.90. The number of nitrogens with zero attached hydrogens (tertiary/aromatic N) is 2. The lowest BCUT2D eigenvalue weighted by molar-refractivity contribution is 0.135. The van der Waals surface area contributed by atoms with Crippen molar-refractivity contribution in [1.82, 2.24) is 4.90 Å². The Labute approximate surface area is 179 Å². The van der Waals surface area contributed by atoms with Crippen molar-refractivity contribution in [2.45, 2.75) is 22.1 Å². The predicted octanol–water partition coefficient (Wildman–Crippen LogP) is 3.51. The van der Waals surface area contributed by atoms with Crippen LogP contribution in [0.2, 0.25) is 0 Å². The van der Waals surface area contributed by atoms with Gasteiger partial charge in [0.1, 0.15) is 10.6 Å². The third kappa shape index (κ3) is 2.79. The Kier molecular flexibility index (Phi) is 4.77. The van der Waals surface area contributed by atoms with E-state index in [4.69, 9.17) is 0 Å². The van der Waals surface area contributed by atoms with Crippen molar-refractivity contribution in [3.63, 3.8) is 0 Å². The maximum absolute atomic E-state index is 13.9. The molecule has 2 atom stereocenters. The molecular weight excluding hydrogens is 483 g/mol. The molecule has 0 saturated carbocycles. The molecule has 2 amide bonds. The summed E-state index contributed by atoms with van der Waals surface area (Å²) in [7, 11) is -4.23. The van der Waals surface area contributed by atoms with Gasteiger partial charge in [-0.25, -0.2) is 22.4 Å². The summed E-state index contributed by atoms with van der Waals surface area (Å²) in [6, 6.07) is 7.78. The smallest absolute Gasteiger partial charge is 0.411 e. The van der Waals surface area contributed by atoms with Crippen molar-refractivity contribution < 1.29 is 32.6 Å². The first-order valence-corrected chi connectivity index (χ1v) is 11.2. The SMILES string of the molecule is O=C(O)N1CC2N(C(=O)O)CCC2(S(=O)(=O)c2ccc(F)cc2)c2ccc(Br)cc21. The number of anilines is 1. The lowest BCUT2D eigenvalue weighted by atomic mass is 9.85. The molecule has 1 saturated heterocycles. The number of amides is 2. The zero-order valence-electron chi connectivity index (χ0n) is 15.3. The van der Waals surface area contributed by atoms with Gasteiger partial charge in [-0.2, -0.15) is 0 Å². The van der Waals surface area contributed by atoms with Crippen LogP contribution >= 0.6 is 15.9 Å². The van der Waals surface area contributed by atoms with E-state index in [0.717, 1.165) is 34.1 Å². The molecule has 158 valence electrons. The summed E-state index contributed by atoms with van der Waals surface area (Å²) in [6.45, 7) is -0.422. The summed E-state index contributed by atoms with van der Waals surface area (Å²) in [5.74, 6) is -0.605. The van der Waals surface area contributed by atoms with Gasteiger partial charge < -0.3 is 15.1 Å². The number of carboxylic acid groups (broad SMARTS) is 2. The molecule has 1 fully saturated rings. The van der Waals surface area contributed by atoms with Crippen molar-refractivity contribution in [2.75, 3.05) is 18.0 Å². The highest BCUT2D eigenvalue weighted by Gasteiger charge is 2.63. The number of sulfone groups is 1. The molecule has 2 aliphatic rings. The largest absolute Gasteiger partial charge is 0.465 e. The van der Waals surface area contributed by atoms with E-state index in [1.807, 2.05) is 0 Å². The molecule has 0 bridgehead atoms. The zero-order chi connectivity index (χ0) is 21.8. The summed E-state index contributed by atoms with van der Waals surface area (Å²) < 4.78 is 40.0. The van der Waals surface area contributed by atoms with Crippen molar-refractivity contribution in [1.29, 1.82) is 0 Å². The minimum Gasteiger partial charge on any atom is -0.465 e. The number of halogens is 2. The molecule has 2 unspecified atom stereocenters. The van der Waals surface area contributed by atoms with E-state index in [1.165, 1.54) is 12.1 Å². The maximum atomic E-state index is 13.9. The second-order valence-corrected chi connectivity index (χ2v) is 10.3. The molecule has 2 N–H and O–H groups in total. The first-order chi connectivity index (χ1) is 14.1. The number of rotatable bonds is 2. The first kappa shape index (κ1) is 20.6. The van der Waals surface area contributed by atoms with Crippen LogP contribution < -0.4 is 4.90 Å². The molecule has 0 aromatic heterocycles. The Morgan fingerprint density at radius 3 is 2.37 bits per heavy atom. The molecule has 8 nitrogen and oxygen atoms in total. The normalized spacial score (nSPS) is 23.1. The van der Waals surface area contributed by atoms with Crippen LogP contribution in [0.1, 0.15) is 12.0 Å². The molecule has 0 spiro atoms. The van der Waals surface area contributed by atoms with Gasteiger partial charge in [0.15, 0.2) is 9.84 Å². The van der Waals surface area contributed by atoms with Crippen LogP contribution in [-0.4, -0.2) is 54.8 Å². The third-order valence-electron chi connectivity index (χ3n) is 5.78. The van der Waals surface area contributed by atoms with Gasteiger partial charge in [0.2, 0.25) is 0 Å². The van der Waals surface area contributed by atoms with Crippen LogP contribution in [0.15, 0.2) is 51.8 Å². The Morgan fingerprint density at radius 2 is 1.77 bits per heavy atom. The molecule has 2 aromatic carbocycles. The standard InChI is InChI=1S/C19H16BrFN2O6S/c20-11-1-6-14-15(9-11)23(18(26)27)10-16-19(14,7-8-22(16)17(24)25)30(28,29)13-4-2-12(21)3-5-13/h1-6,9,16H,7-8,10H2,(H,24,25)(H,26,27). The zero-order valence-corrected chi connectivity index (χ0v) is 17.7. The number of benzene rings is 2. The summed E-state index contributed by atoms with van der Waals surface area (Å²) >= 11 is 3.28. The van der Waals surface area contributed by atoms with E-state index in [0.29, 0.717) is 4.47 Å². The second kappa shape index (κ2) is 6.95. The van der Waals surface area contributed by atoms with Gasteiger partial charge in [0.25, 0.3) is 0 Å². The summed E-state index contributed by atoms with van der Waals surface area (Å²) in [5.41, 5.74) is 0.378. The molecule has 0 radical (unpaired) electrons. The van der Waals surface area contributed by atoms with E-state index in [1.54, 1.807) is 6.07 Å². The number of fused-ring (bicyclic) bond motifs is 3. The predicted molar refractivity (Wildman–Crippen MR) is 108 cm³/mol. The highest BCUT2D eigenvalue weighted by molar-refractivity contribution is 9.10. The van der Waals surface area contributed by atoms with E-state index in [9.17, 15) is 32.6 Å². The molecule has 2 aliphatic heterocycles. The number of carbonyl (C=O) groups is 2. The fourth-order valence-corrected chi connectivity index (χ4v) is 7.12. The van der Waals surface area contributed by atoms with Gasteiger partial charge >= 0.3 is 12.2 Å². The maximum Gasteiger partial charge on any atom is 0.411 e. The Bertz CT molecular complexity index is 1160. The lowest BCUT2D eigenvalue weighted by Crippen LogP contribution is -2.59. The molecule has 11 heteroatoms. The fourth-order valence-electron chi connectivity index (χ4n) is 4.47. The van der Waals surface area contributed by atoms with Crippen LogP contribution in [0, 0.1) is 5.82 Å². The fraction of sp³-hybridized carbons (Fsp3) is 0.263. The van der Waals surface area contributed by atoms with Crippen LogP contribution in [0.3, 0.4) is 0 Å². The number of likely N-dealkylation sites (tertiary alicyclic amines) is 1. The number of hydrogen-bond acceptors (Lipinski definition) is 4. The van der Waals surface area contributed by atoms with Crippen LogP contribution in [0.5, 0.6) is 0 Å². The molecule has 30 heavy (non-hydrogen) atoms. The second-order valence-electron chi connectivity index (χ2n) is 7.14. The van der Waals surface area contributed by atoms with Gasteiger partial charge in [-0.3, -0.25) is 4.90 Å². The van der Waals surface area contributed by atoms with E-state index in [-0.39, 0.29) is 35.7 Å². The van der Waals surface area contributed by atoms with Gasteiger partial charge in [0, 0.05) is 11.0 Å². The minimum atomic E-state index is -4.23. The summed E-state index contributed by atoms with van der Waals surface area (Å²) in [6.07, 6.45) is -2.70. The Hall–Kier alpha value is -2.66. The Balaban J connectivity index is 2.03. The van der Waals surface area contributed by atoms with Gasteiger partial charge in [-0.15, -0.1) is 0 Å². The van der Waals surface area contributed by atoms with Crippen molar-refractivity contribution in [3.8, 4) is 0 Å². The van der Waals surface area contributed by atoms with Gasteiger partial charge in [-0.05, 0) is 48.4 Å². The molecule has 2 aromatic rings. The Morgan fingerprint density at radius 1 is 1.10 bits per heavy atom. The quantitative estimate of drug-likeness (QED) is 0.612. The van der Waals surface area contributed by atoms with Crippen molar-refractivity contribution in [2.24, 2.45) is 0 Å². The van der Waals surface area contributed by atoms with Crippen molar-refractivity contribution in [3.05, 3.63) is 58.3 Å². The third-order valence-corrected chi connectivity index (χ3v) is 8.82. The van der Waals surface area contributed by atoms with Crippen LogP contribution in [0.4, 0.5) is 19.7 Å². The summed E-state index contributed by atoms with van der Waals surface area (Å²) in [5, 5.41) is 19.4. The highest BCUT2D eigenvalue weighted by Crippen LogP contribution is 2.53. The van der Waals surface area contributed by atoms with Crippen LogP contribution in [0.25, 0.3) is 0 Å². The summed E-state index contributed by atoms with van der Waals surface area (Å²) in [4.78, 5) is 25.5. The van der Waals surface area contributed by atoms with Gasteiger partial charge in [-0.1, -0.05) is 22.0 Å². The van der Waals surface area contributed by atoms with E-state index >= 15 is 0 Å². The average Bonchev–Trinajstić information content (AvgIpc) is 3.08. The van der Waals surface area contributed by atoms with Gasteiger partial charge in [0.05, 0.1) is 23.2 Å². The molecule has 0 aliphatic carbocycles. The topological polar surface area (TPSA) is 115 Å².